The molecule has 0 aromatic heterocycles. The summed E-state index contributed by atoms with van der Waals surface area (Å²) in [6.07, 6.45) is 1.26. The molecule has 0 saturated heterocycles. The van der Waals surface area contributed by atoms with Gasteiger partial charge in [0, 0.05) is 43.3 Å². The summed E-state index contributed by atoms with van der Waals surface area (Å²) in [5, 5.41) is 14.7. The Morgan fingerprint density at radius 2 is 1.75 bits per heavy atom. The minimum atomic E-state index is -4.24. The molecule has 0 bridgehead atoms. The van der Waals surface area contributed by atoms with Gasteiger partial charge in [0.1, 0.15) is 5.82 Å². The molecular formula is C35H47ClFN3O6S2. The standard InChI is InChI=1S/C35H47ClFN3O6S2/c1-4-13-39(14-5-2)35(42)27-8-7-9-32(19-27)48(45,46)40(15-12-26-16-29(36)20-30(37)17-26)22-31(41)21-38-34-24-47(43,44)23-28-11-10-25(6-3)18-33(28)34/h7-11,16-20,31,34,38,41,43-44H,4-6,12-15,21-24H2,1-3H3/t31-,34+/m1/s1. The van der Waals surface area contributed by atoms with Crippen LogP contribution in [0.2, 0.25) is 5.02 Å². The number of hydrogen-bond donors (Lipinski definition) is 4. The van der Waals surface area contributed by atoms with Gasteiger partial charge in [0.15, 0.2) is 0 Å². The number of nitrogens with zero attached hydrogens (tertiary/aromatic N) is 2. The van der Waals surface area contributed by atoms with Gasteiger partial charge in [-0.2, -0.15) is 14.9 Å². The molecule has 0 fully saturated rings. The molecule has 4 rings (SSSR count). The normalized spacial score (nSPS) is 17.1. The van der Waals surface area contributed by atoms with Crippen molar-refractivity contribution in [3.63, 3.8) is 0 Å². The van der Waals surface area contributed by atoms with Crippen molar-refractivity contribution < 1.29 is 31.8 Å². The number of aryl methyl sites for hydroxylation is 1. The van der Waals surface area contributed by atoms with E-state index in [4.69, 9.17) is 11.6 Å². The Morgan fingerprint density at radius 1 is 1.02 bits per heavy atom. The van der Waals surface area contributed by atoms with Crippen LogP contribution in [-0.4, -0.2) is 82.3 Å². The van der Waals surface area contributed by atoms with Gasteiger partial charge in [-0.1, -0.05) is 56.6 Å². The third-order valence-electron chi connectivity index (χ3n) is 8.39. The average Bonchev–Trinajstić information content (AvgIpc) is 3.04. The Kier molecular flexibility index (Phi) is 13.5. The number of nitrogens with one attached hydrogen (secondary N) is 1. The second kappa shape index (κ2) is 16.9. The molecule has 264 valence electrons. The van der Waals surface area contributed by atoms with Gasteiger partial charge in [-0.3, -0.25) is 13.9 Å². The molecule has 4 N–H and O–H groups in total. The molecule has 0 radical (unpaired) electrons. The van der Waals surface area contributed by atoms with E-state index < -0.39 is 38.6 Å². The van der Waals surface area contributed by atoms with Crippen LogP contribution in [0.3, 0.4) is 0 Å². The van der Waals surface area contributed by atoms with Crippen molar-refractivity contribution in [2.45, 2.75) is 69.2 Å². The Labute approximate surface area is 290 Å². The van der Waals surface area contributed by atoms with Crippen LogP contribution in [-0.2, 0) is 28.6 Å². The van der Waals surface area contributed by atoms with E-state index in [1.54, 1.807) is 17.0 Å². The zero-order valence-electron chi connectivity index (χ0n) is 27.7. The summed E-state index contributed by atoms with van der Waals surface area (Å²) in [4.78, 5) is 14.9. The molecule has 0 unspecified atom stereocenters. The van der Waals surface area contributed by atoms with Gasteiger partial charge >= 0.3 is 0 Å². The average molecular weight is 724 g/mol. The third kappa shape index (κ3) is 10.0. The highest BCUT2D eigenvalue weighted by molar-refractivity contribution is 8.23. The van der Waals surface area contributed by atoms with Crippen LogP contribution >= 0.6 is 22.2 Å². The number of aliphatic hydroxyl groups is 1. The van der Waals surface area contributed by atoms with Gasteiger partial charge < -0.3 is 15.3 Å². The molecule has 3 aromatic rings. The molecule has 13 heteroatoms. The molecule has 1 heterocycles. The monoisotopic (exact) mass is 723 g/mol. The predicted octanol–water partition coefficient (Wildman–Crippen LogP) is 6.49. The van der Waals surface area contributed by atoms with Crippen molar-refractivity contribution in [3.8, 4) is 0 Å². The fourth-order valence-electron chi connectivity index (χ4n) is 6.03. The van der Waals surface area contributed by atoms with Crippen LogP contribution in [0.1, 0.15) is 72.3 Å². The molecular weight excluding hydrogens is 677 g/mol. The van der Waals surface area contributed by atoms with E-state index in [9.17, 15) is 31.8 Å². The Morgan fingerprint density at radius 3 is 2.42 bits per heavy atom. The molecule has 9 nitrogen and oxygen atoms in total. The highest BCUT2D eigenvalue weighted by atomic mass is 35.5. The first-order valence-corrected chi connectivity index (χ1v) is 20.1. The summed E-state index contributed by atoms with van der Waals surface area (Å²) in [6.45, 7) is 6.64. The Hall–Kier alpha value is -2.55. The van der Waals surface area contributed by atoms with Crippen molar-refractivity contribution >= 4 is 38.1 Å². The van der Waals surface area contributed by atoms with E-state index in [1.165, 1.54) is 30.3 Å². The van der Waals surface area contributed by atoms with Gasteiger partial charge in [0.25, 0.3) is 5.91 Å². The van der Waals surface area contributed by atoms with Crippen molar-refractivity contribution in [1.82, 2.24) is 14.5 Å². The number of carbonyl (C=O) groups excluding carboxylic acids is 1. The van der Waals surface area contributed by atoms with E-state index in [0.717, 1.165) is 40.3 Å². The number of carbonyl (C=O) groups is 1. The number of amides is 1. The van der Waals surface area contributed by atoms with Gasteiger partial charge in [-0.05, 0) is 84.3 Å². The van der Waals surface area contributed by atoms with Gasteiger partial charge in [0.2, 0.25) is 10.0 Å². The molecule has 0 spiro atoms. The van der Waals surface area contributed by atoms with E-state index in [1.807, 2.05) is 39.0 Å². The first-order valence-electron chi connectivity index (χ1n) is 16.4. The van der Waals surface area contributed by atoms with Crippen molar-refractivity contribution in [1.29, 1.82) is 0 Å². The number of fused-ring (bicyclic) bond motifs is 1. The summed E-state index contributed by atoms with van der Waals surface area (Å²) in [5.41, 5.74) is 3.60. The number of halogens is 2. The maximum Gasteiger partial charge on any atom is 0.253 e. The van der Waals surface area contributed by atoms with Crippen molar-refractivity contribution in [3.05, 3.63) is 99.3 Å². The van der Waals surface area contributed by atoms with E-state index in [0.29, 0.717) is 18.7 Å². The largest absolute Gasteiger partial charge is 0.390 e. The topological polar surface area (TPSA) is 130 Å². The number of sulfonamides is 1. The van der Waals surface area contributed by atoms with Crippen LogP contribution in [0.4, 0.5) is 4.39 Å². The maximum atomic E-state index is 14.2. The Balaban J connectivity index is 1.58. The van der Waals surface area contributed by atoms with E-state index >= 15 is 0 Å². The van der Waals surface area contributed by atoms with Crippen molar-refractivity contribution in [2.75, 3.05) is 38.5 Å². The lowest BCUT2D eigenvalue weighted by atomic mass is 9.98. The number of rotatable bonds is 16. The lowest BCUT2D eigenvalue weighted by molar-refractivity contribution is 0.0755. The second-order valence-electron chi connectivity index (χ2n) is 12.3. The Bertz CT molecular complexity index is 1650. The second-order valence-corrected chi connectivity index (χ2v) is 16.9. The van der Waals surface area contributed by atoms with Crippen LogP contribution < -0.4 is 5.32 Å². The molecule has 1 aliphatic heterocycles. The summed E-state index contributed by atoms with van der Waals surface area (Å²) < 4.78 is 64.8. The summed E-state index contributed by atoms with van der Waals surface area (Å²) in [5.74, 6) is -0.558. The number of aliphatic hydroxyl groups excluding tert-OH is 1. The lowest BCUT2D eigenvalue weighted by Crippen LogP contribution is -2.44. The first-order chi connectivity index (χ1) is 22.8. The fraction of sp³-hybridized carbons (Fsp3) is 0.457. The van der Waals surface area contributed by atoms with Gasteiger partial charge in [-0.25, -0.2) is 12.8 Å². The van der Waals surface area contributed by atoms with E-state index in [-0.39, 0.29) is 58.9 Å². The number of hydrogen-bond acceptors (Lipinski definition) is 7. The SMILES string of the molecule is CCCN(CCC)C(=O)c1cccc(S(=O)(=O)N(CCc2cc(F)cc(Cl)c2)C[C@H](O)CN[C@H]2CS(O)(O)Cc3ccc(CC)cc32)c1. The quantitative estimate of drug-likeness (QED) is 0.133. The number of benzene rings is 3. The molecule has 2 atom stereocenters. The maximum absolute atomic E-state index is 14.2. The van der Waals surface area contributed by atoms with Gasteiger partial charge in [0.05, 0.1) is 28.5 Å². The van der Waals surface area contributed by atoms with Crippen molar-refractivity contribution in [2.24, 2.45) is 0 Å². The van der Waals surface area contributed by atoms with E-state index in [2.05, 4.69) is 5.32 Å². The van der Waals surface area contributed by atoms with Crippen LogP contribution in [0.15, 0.2) is 65.6 Å². The zero-order chi connectivity index (χ0) is 35.1. The minimum absolute atomic E-state index is 0.0324. The van der Waals surface area contributed by atoms with Gasteiger partial charge in [-0.15, -0.1) is 0 Å². The molecule has 1 aliphatic rings. The summed E-state index contributed by atoms with van der Waals surface area (Å²) in [7, 11) is -7.13. The first kappa shape index (κ1) is 38.3. The fourth-order valence-corrected chi connectivity index (χ4v) is 9.51. The van der Waals surface area contributed by atoms with Crippen LogP contribution in [0, 0.1) is 5.82 Å². The minimum Gasteiger partial charge on any atom is -0.390 e. The molecule has 1 amide bonds. The highest BCUT2D eigenvalue weighted by Crippen LogP contribution is 2.50. The zero-order valence-corrected chi connectivity index (χ0v) is 30.1. The molecule has 0 saturated carbocycles. The lowest BCUT2D eigenvalue weighted by Gasteiger charge is -2.42. The molecule has 48 heavy (non-hydrogen) atoms. The van der Waals surface area contributed by atoms with Crippen LogP contribution in [0.5, 0.6) is 0 Å². The van der Waals surface area contributed by atoms with Crippen LogP contribution in [0.25, 0.3) is 0 Å². The molecule has 3 aromatic carbocycles. The summed E-state index contributed by atoms with van der Waals surface area (Å²) >= 11 is 6.05. The summed E-state index contributed by atoms with van der Waals surface area (Å²) in [6, 6.07) is 15.4. The smallest absolute Gasteiger partial charge is 0.253 e. The third-order valence-corrected chi connectivity index (χ3v) is 12.1. The highest BCUT2D eigenvalue weighted by Gasteiger charge is 2.32. The molecule has 0 aliphatic carbocycles. The predicted molar refractivity (Wildman–Crippen MR) is 191 cm³/mol.